The van der Waals surface area contributed by atoms with Crippen molar-refractivity contribution in [1.82, 2.24) is 4.90 Å². The van der Waals surface area contributed by atoms with E-state index in [1.54, 1.807) is 4.90 Å². The molecule has 0 aliphatic heterocycles. The molecule has 0 aliphatic carbocycles. The van der Waals surface area contributed by atoms with Gasteiger partial charge < -0.3 is 4.90 Å². The molecule has 3 heteroatoms. The van der Waals surface area contributed by atoms with Crippen LogP contribution in [0.5, 0.6) is 0 Å². The third kappa shape index (κ3) is 3.51. The van der Waals surface area contributed by atoms with E-state index in [0.29, 0.717) is 5.88 Å². The molecule has 0 saturated heterocycles. The maximum Gasteiger partial charge on any atom is 0.254 e. The summed E-state index contributed by atoms with van der Waals surface area (Å²) in [6, 6.07) is 13.9. The molecule has 0 radical (unpaired) electrons. The average molecular weight is 290 g/mol. The van der Waals surface area contributed by atoms with E-state index in [-0.39, 0.29) is 5.91 Å². The second kappa shape index (κ2) is 7.30. The van der Waals surface area contributed by atoms with Gasteiger partial charge in [0.15, 0.2) is 0 Å². The summed E-state index contributed by atoms with van der Waals surface area (Å²) in [5.41, 5.74) is 0.781. The van der Waals surface area contributed by atoms with Crippen LogP contribution in [0.4, 0.5) is 0 Å². The molecule has 0 unspecified atom stereocenters. The molecule has 0 bridgehead atoms. The van der Waals surface area contributed by atoms with Gasteiger partial charge in [-0.25, -0.2) is 0 Å². The first-order valence-electron chi connectivity index (χ1n) is 7.03. The quantitative estimate of drug-likeness (QED) is 0.573. The van der Waals surface area contributed by atoms with Crippen LogP contribution in [0, 0.1) is 0 Å². The lowest BCUT2D eigenvalue weighted by atomic mass is 10.0. The Hall–Kier alpha value is -1.54. The van der Waals surface area contributed by atoms with E-state index in [1.165, 1.54) is 0 Å². The summed E-state index contributed by atoms with van der Waals surface area (Å²) in [6.07, 6.45) is 3.08. The fourth-order valence-electron chi connectivity index (χ4n) is 2.34. The van der Waals surface area contributed by atoms with Gasteiger partial charge in [0.05, 0.1) is 0 Å². The average Bonchev–Trinajstić information content (AvgIpc) is 2.50. The topological polar surface area (TPSA) is 20.3 Å². The van der Waals surface area contributed by atoms with Gasteiger partial charge >= 0.3 is 0 Å². The van der Waals surface area contributed by atoms with Crippen molar-refractivity contribution in [3.63, 3.8) is 0 Å². The number of carbonyl (C=O) groups excluding carboxylic acids is 1. The summed E-state index contributed by atoms with van der Waals surface area (Å²) in [4.78, 5) is 14.3. The summed E-state index contributed by atoms with van der Waals surface area (Å²) in [7, 11) is 1.87. The second-order valence-corrected chi connectivity index (χ2v) is 5.38. The summed E-state index contributed by atoms with van der Waals surface area (Å²) in [5, 5.41) is 2.13. The van der Waals surface area contributed by atoms with Gasteiger partial charge in [-0.15, -0.1) is 11.6 Å². The summed E-state index contributed by atoms with van der Waals surface area (Å²) in [5.74, 6) is 0.786. The maximum absolute atomic E-state index is 12.5. The highest BCUT2D eigenvalue weighted by Crippen LogP contribution is 2.19. The van der Waals surface area contributed by atoms with Gasteiger partial charge in [-0.2, -0.15) is 0 Å². The van der Waals surface area contributed by atoms with Crippen molar-refractivity contribution in [2.45, 2.75) is 19.3 Å². The van der Waals surface area contributed by atoms with E-state index in [1.807, 2.05) is 49.5 Å². The lowest BCUT2D eigenvalue weighted by molar-refractivity contribution is 0.0794. The van der Waals surface area contributed by atoms with Crippen LogP contribution < -0.4 is 0 Å². The molecular formula is C17H20ClNO. The van der Waals surface area contributed by atoms with Crippen molar-refractivity contribution >= 4 is 28.3 Å². The standard InChI is InChI=1S/C17H20ClNO/c1-19(13-6-2-5-12-18)17(20)16-11-7-9-14-8-3-4-10-15(14)16/h3-4,7-11H,2,5-6,12-13H2,1H3. The number of halogens is 1. The fraction of sp³-hybridized carbons (Fsp3) is 0.353. The number of hydrogen-bond donors (Lipinski definition) is 0. The van der Waals surface area contributed by atoms with Crippen LogP contribution in [-0.2, 0) is 0 Å². The Morgan fingerprint density at radius 1 is 1.05 bits per heavy atom. The number of rotatable bonds is 6. The molecule has 0 aromatic heterocycles. The molecule has 0 saturated carbocycles. The van der Waals surface area contributed by atoms with Crippen LogP contribution >= 0.6 is 11.6 Å². The van der Waals surface area contributed by atoms with Crippen molar-refractivity contribution < 1.29 is 4.79 Å². The molecule has 2 rings (SSSR count). The molecule has 0 heterocycles. The number of alkyl halides is 1. The van der Waals surface area contributed by atoms with Gasteiger partial charge in [0.1, 0.15) is 0 Å². The summed E-state index contributed by atoms with van der Waals surface area (Å²) >= 11 is 5.66. The first kappa shape index (κ1) is 14.9. The molecule has 0 N–H and O–H groups in total. The minimum atomic E-state index is 0.0904. The Kier molecular flexibility index (Phi) is 5.42. The smallest absolute Gasteiger partial charge is 0.254 e. The Labute approximate surface area is 125 Å². The molecule has 1 amide bonds. The molecule has 0 fully saturated rings. The Morgan fingerprint density at radius 3 is 2.60 bits per heavy atom. The zero-order valence-electron chi connectivity index (χ0n) is 11.8. The highest BCUT2D eigenvalue weighted by Gasteiger charge is 2.13. The summed E-state index contributed by atoms with van der Waals surface area (Å²) < 4.78 is 0. The first-order chi connectivity index (χ1) is 9.74. The molecule has 20 heavy (non-hydrogen) atoms. The zero-order valence-corrected chi connectivity index (χ0v) is 12.6. The lowest BCUT2D eigenvalue weighted by Gasteiger charge is -2.18. The Balaban J connectivity index is 2.10. The fourth-order valence-corrected chi connectivity index (χ4v) is 2.53. The summed E-state index contributed by atoms with van der Waals surface area (Å²) in [6.45, 7) is 0.777. The van der Waals surface area contributed by atoms with Gasteiger partial charge in [0.2, 0.25) is 0 Å². The number of nitrogens with zero attached hydrogens (tertiary/aromatic N) is 1. The minimum Gasteiger partial charge on any atom is -0.342 e. The number of fused-ring (bicyclic) bond motifs is 1. The van der Waals surface area contributed by atoms with Crippen LogP contribution in [0.3, 0.4) is 0 Å². The Bertz CT molecular complexity index is 577. The van der Waals surface area contributed by atoms with Crippen LogP contribution in [0.25, 0.3) is 10.8 Å². The van der Waals surface area contributed by atoms with Crippen LogP contribution in [0.2, 0.25) is 0 Å². The molecule has 0 atom stereocenters. The third-order valence-corrected chi connectivity index (χ3v) is 3.76. The molecular weight excluding hydrogens is 270 g/mol. The van der Waals surface area contributed by atoms with Crippen molar-refractivity contribution in [3.8, 4) is 0 Å². The normalized spacial score (nSPS) is 10.7. The largest absolute Gasteiger partial charge is 0.342 e. The van der Waals surface area contributed by atoms with Crippen LogP contribution in [-0.4, -0.2) is 30.3 Å². The Morgan fingerprint density at radius 2 is 1.80 bits per heavy atom. The van der Waals surface area contributed by atoms with Crippen LogP contribution in [0.1, 0.15) is 29.6 Å². The number of benzene rings is 2. The predicted octanol–water partition coefficient (Wildman–Crippen LogP) is 4.32. The zero-order chi connectivity index (χ0) is 14.4. The first-order valence-corrected chi connectivity index (χ1v) is 7.56. The SMILES string of the molecule is CN(CCCCCCl)C(=O)c1cccc2ccccc12. The number of carbonyl (C=O) groups is 1. The highest BCUT2D eigenvalue weighted by molar-refractivity contribution is 6.17. The number of amides is 1. The molecule has 2 aromatic carbocycles. The lowest BCUT2D eigenvalue weighted by Crippen LogP contribution is -2.27. The predicted molar refractivity (Wildman–Crippen MR) is 85.5 cm³/mol. The van der Waals surface area contributed by atoms with Gasteiger partial charge in [0.25, 0.3) is 5.91 Å². The number of unbranched alkanes of at least 4 members (excludes halogenated alkanes) is 2. The van der Waals surface area contributed by atoms with Crippen molar-refractivity contribution in [1.29, 1.82) is 0 Å². The third-order valence-electron chi connectivity index (χ3n) is 3.49. The molecule has 0 aliphatic rings. The van der Waals surface area contributed by atoms with E-state index in [9.17, 15) is 4.79 Å². The van der Waals surface area contributed by atoms with Crippen molar-refractivity contribution in [3.05, 3.63) is 48.0 Å². The monoisotopic (exact) mass is 289 g/mol. The van der Waals surface area contributed by atoms with E-state index >= 15 is 0 Å². The van der Waals surface area contributed by atoms with Gasteiger partial charge in [0, 0.05) is 25.0 Å². The van der Waals surface area contributed by atoms with E-state index in [0.717, 1.165) is 42.1 Å². The molecule has 2 nitrogen and oxygen atoms in total. The van der Waals surface area contributed by atoms with E-state index in [2.05, 4.69) is 0 Å². The van der Waals surface area contributed by atoms with Gasteiger partial charge in [-0.1, -0.05) is 42.8 Å². The second-order valence-electron chi connectivity index (χ2n) is 5.00. The van der Waals surface area contributed by atoms with E-state index < -0.39 is 0 Å². The molecule has 2 aromatic rings. The van der Waals surface area contributed by atoms with Crippen molar-refractivity contribution in [2.75, 3.05) is 19.5 Å². The molecule has 106 valence electrons. The van der Waals surface area contributed by atoms with Crippen LogP contribution in [0.15, 0.2) is 42.5 Å². The van der Waals surface area contributed by atoms with Gasteiger partial charge in [-0.3, -0.25) is 4.79 Å². The maximum atomic E-state index is 12.5. The van der Waals surface area contributed by atoms with Crippen molar-refractivity contribution in [2.24, 2.45) is 0 Å². The molecule has 0 spiro atoms. The highest BCUT2D eigenvalue weighted by atomic mass is 35.5. The van der Waals surface area contributed by atoms with E-state index in [4.69, 9.17) is 11.6 Å². The minimum absolute atomic E-state index is 0.0904. The van der Waals surface area contributed by atoms with Gasteiger partial charge in [-0.05, 0) is 29.7 Å². The number of hydrogen-bond acceptors (Lipinski definition) is 1.